The van der Waals surface area contributed by atoms with Gasteiger partial charge in [0.1, 0.15) is 11.6 Å². The van der Waals surface area contributed by atoms with Crippen LogP contribution in [0.4, 0.5) is 5.69 Å². The molecule has 3 heterocycles. The molecule has 1 aromatic carbocycles. The molecule has 37 heavy (non-hydrogen) atoms. The van der Waals surface area contributed by atoms with Crippen molar-refractivity contribution in [3.8, 4) is 0 Å². The van der Waals surface area contributed by atoms with E-state index in [1.807, 2.05) is 43.0 Å². The predicted molar refractivity (Wildman–Crippen MR) is 141 cm³/mol. The summed E-state index contributed by atoms with van der Waals surface area (Å²) >= 11 is 0. The van der Waals surface area contributed by atoms with E-state index in [-0.39, 0.29) is 29.8 Å². The van der Waals surface area contributed by atoms with Crippen molar-refractivity contribution in [3.05, 3.63) is 41.5 Å². The fraction of sp³-hybridized carbons (Fsp3) is 0.633. The SMILES string of the molecule is Cc1cc(C)cc(NC(=O)[C@H]2[C@@H]3C=C[C@]4(O3)[C@@H]2C(=O)N(C2CCCCC2)[C@H]4C(=O)NC2CCCCC2)c1. The molecule has 2 N–H and O–H groups in total. The number of amides is 3. The monoisotopic (exact) mass is 505 g/mol. The zero-order chi connectivity index (χ0) is 25.7. The number of nitrogens with one attached hydrogen (secondary N) is 2. The van der Waals surface area contributed by atoms with Gasteiger partial charge in [0.15, 0.2) is 0 Å². The number of hydrogen-bond acceptors (Lipinski definition) is 4. The third-order valence-corrected chi connectivity index (χ3v) is 9.27. The summed E-state index contributed by atoms with van der Waals surface area (Å²) in [5, 5.41) is 6.35. The van der Waals surface area contributed by atoms with Gasteiger partial charge in [-0.3, -0.25) is 14.4 Å². The quantitative estimate of drug-likeness (QED) is 0.588. The fourth-order valence-corrected chi connectivity index (χ4v) is 7.76. The largest absolute Gasteiger partial charge is 0.359 e. The molecule has 1 aromatic rings. The number of ether oxygens (including phenoxy) is 1. The number of nitrogens with zero attached hydrogens (tertiary/aromatic N) is 1. The number of fused-ring (bicyclic) bond motifs is 1. The van der Waals surface area contributed by atoms with Gasteiger partial charge >= 0.3 is 0 Å². The smallest absolute Gasteiger partial charge is 0.246 e. The number of aryl methyl sites for hydroxylation is 2. The maximum atomic E-state index is 14.2. The Bertz CT molecular complexity index is 1100. The maximum absolute atomic E-state index is 14.2. The van der Waals surface area contributed by atoms with Crippen molar-refractivity contribution >= 4 is 23.4 Å². The van der Waals surface area contributed by atoms with Gasteiger partial charge in [-0.25, -0.2) is 0 Å². The lowest BCUT2D eigenvalue weighted by molar-refractivity contribution is -0.144. The van der Waals surface area contributed by atoms with Crippen LogP contribution in [0, 0.1) is 25.7 Å². The summed E-state index contributed by atoms with van der Waals surface area (Å²) in [5.74, 6) is -1.76. The topological polar surface area (TPSA) is 87.7 Å². The normalized spacial score (nSPS) is 33.6. The number of anilines is 1. The van der Waals surface area contributed by atoms with Crippen molar-refractivity contribution in [3.63, 3.8) is 0 Å². The van der Waals surface area contributed by atoms with Gasteiger partial charge in [-0.05, 0) is 62.8 Å². The van der Waals surface area contributed by atoms with Crippen LogP contribution in [0.1, 0.15) is 75.3 Å². The first-order chi connectivity index (χ1) is 17.9. The first kappa shape index (κ1) is 24.7. The lowest BCUT2D eigenvalue weighted by Crippen LogP contribution is -2.58. The molecule has 5 aliphatic rings. The molecule has 3 amide bonds. The van der Waals surface area contributed by atoms with Crippen molar-refractivity contribution < 1.29 is 19.1 Å². The molecular formula is C30H39N3O4. The third-order valence-electron chi connectivity index (χ3n) is 9.27. The molecule has 2 aliphatic carbocycles. The molecule has 5 atom stereocenters. The average molecular weight is 506 g/mol. The van der Waals surface area contributed by atoms with Gasteiger partial charge in [0.05, 0.1) is 17.9 Å². The van der Waals surface area contributed by atoms with Crippen molar-refractivity contribution in [1.82, 2.24) is 10.2 Å². The van der Waals surface area contributed by atoms with E-state index < -0.39 is 29.6 Å². The van der Waals surface area contributed by atoms with E-state index in [0.29, 0.717) is 0 Å². The molecule has 198 valence electrons. The molecule has 2 saturated heterocycles. The number of rotatable bonds is 5. The zero-order valence-corrected chi connectivity index (χ0v) is 22.0. The van der Waals surface area contributed by atoms with E-state index in [1.54, 1.807) is 0 Å². The van der Waals surface area contributed by atoms with Crippen LogP contribution in [0.15, 0.2) is 30.4 Å². The fourth-order valence-electron chi connectivity index (χ4n) is 7.76. The van der Waals surface area contributed by atoms with Crippen LogP contribution < -0.4 is 10.6 Å². The molecule has 3 aliphatic heterocycles. The summed E-state index contributed by atoms with van der Waals surface area (Å²) < 4.78 is 6.52. The lowest BCUT2D eigenvalue weighted by atomic mass is 9.74. The minimum Gasteiger partial charge on any atom is -0.359 e. The summed E-state index contributed by atoms with van der Waals surface area (Å²) in [6.07, 6.45) is 13.8. The highest BCUT2D eigenvalue weighted by atomic mass is 16.5. The highest BCUT2D eigenvalue weighted by Crippen LogP contribution is 2.56. The Morgan fingerprint density at radius 2 is 1.57 bits per heavy atom. The molecule has 0 aromatic heterocycles. The first-order valence-electron chi connectivity index (χ1n) is 14.3. The second kappa shape index (κ2) is 9.57. The number of carbonyl (C=O) groups excluding carboxylic acids is 3. The average Bonchev–Trinajstić information content (AvgIpc) is 3.52. The Labute approximate surface area is 219 Å². The van der Waals surface area contributed by atoms with Gasteiger partial charge in [-0.2, -0.15) is 0 Å². The second-order valence-corrected chi connectivity index (χ2v) is 11.9. The van der Waals surface area contributed by atoms with E-state index in [1.165, 1.54) is 6.42 Å². The molecule has 1 spiro atoms. The number of hydrogen-bond donors (Lipinski definition) is 2. The zero-order valence-electron chi connectivity index (χ0n) is 22.0. The molecule has 2 bridgehead atoms. The lowest BCUT2D eigenvalue weighted by Gasteiger charge is -2.39. The highest BCUT2D eigenvalue weighted by molar-refractivity contribution is 6.03. The molecule has 7 heteroatoms. The van der Waals surface area contributed by atoms with Crippen molar-refractivity contribution in [1.29, 1.82) is 0 Å². The standard InChI is InChI=1S/C30H39N3O4/c1-18-15-19(2)17-21(16-18)32-27(34)24-23-13-14-30(37-23)25(24)29(36)33(22-11-7-4-8-12-22)26(30)28(35)31-20-9-5-3-6-10-20/h13-17,20,22-26H,3-12H2,1-2H3,(H,31,35)(H,32,34)/t23-,24-,25-,26-,30-/m0/s1. The van der Waals surface area contributed by atoms with Gasteiger partial charge in [0, 0.05) is 17.8 Å². The summed E-state index contributed by atoms with van der Waals surface area (Å²) in [7, 11) is 0. The van der Waals surface area contributed by atoms with E-state index >= 15 is 0 Å². The minimum atomic E-state index is -1.08. The van der Waals surface area contributed by atoms with Crippen LogP contribution in [-0.4, -0.2) is 52.5 Å². The van der Waals surface area contributed by atoms with Crippen LogP contribution in [-0.2, 0) is 19.1 Å². The van der Waals surface area contributed by atoms with Gasteiger partial charge in [-0.15, -0.1) is 0 Å². The van der Waals surface area contributed by atoms with Crippen molar-refractivity contribution in [2.75, 3.05) is 5.32 Å². The summed E-state index contributed by atoms with van der Waals surface area (Å²) in [4.78, 5) is 43.7. The molecule has 4 fully saturated rings. The number of likely N-dealkylation sites (tertiary alicyclic amines) is 1. The highest BCUT2D eigenvalue weighted by Gasteiger charge is 2.73. The van der Waals surface area contributed by atoms with Crippen molar-refractivity contribution in [2.45, 2.75) is 108 Å². The molecular weight excluding hydrogens is 466 g/mol. The van der Waals surface area contributed by atoms with Gasteiger partial charge in [0.2, 0.25) is 17.7 Å². The Hall–Kier alpha value is -2.67. The second-order valence-electron chi connectivity index (χ2n) is 11.9. The van der Waals surface area contributed by atoms with Crippen LogP contribution in [0.3, 0.4) is 0 Å². The van der Waals surface area contributed by atoms with Crippen LogP contribution in [0.5, 0.6) is 0 Å². The third kappa shape index (κ3) is 4.19. The van der Waals surface area contributed by atoms with E-state index in [9.17, 15) is 14.4 Å². The number of carbonyl (C=O) groups is 3. The Balaban J connectivity index is 1.32. The van der Waals surface area contributed by atoms with Crippen LogP contribution in [0.25, 0.3) is 0 Å². The molecule has 2 saturated carbocycles. The van der Waals surface area contributed by atoms with Gasteiger partial charge in [-0.1, -0.05) is 56.7 Å². The Morgan fingerprint density at radius 1 is 0.919 bits per heavy atom. The summed E-state index contributed by atoms with van der Waals surface area (Å²) in [6.45, 7) is 4.00. The molecule has 6 rings (SSSR count). The Morgan fingerprint density at radius 3 is 2.24 bits per heavy atom. The number of benzene rings is 1. The summed E-state index contributed by atoms with van der Waals surface area (Å²) in [6, 6.07) is 5.38. The minimum absolute atomic E-state index is 0.0162. The van der Waals surface area contributed by atoms with Crippen molar-refractivity contribution in [2.24, 2.45) is 11.8 Å². The molecule has 7 nitrogen and oxygen atoms in total. The van der Waals surface area contributed by atoms with Gasteiger partial charge < -0.3 is 20.3 Å². The summed E-state index contributed by atoms with van der Waals surface area (Å²) in [5.41, 5.74) is 1.78. The van der Waals surface area contributed by atoms with E-state index in [2.05, 4.69) is 16.7 Å². The first-order valence-corrected chi connectivity index (χ1v) is 14.3. The van der Waals surface area contributed by atoms with E-state index in [4.69, 9.17) is 4.74 Å². The maximum Gasteiger partial charge on any atom is 0.246 e. The van der Waals surface area contributed by atoms with Crippen LogP contribution >= 0.6 is 0 Å². The van der Waals surface area contributed by atoms with E-state index in [0.717, 1.165) is 74.6 Å². The Kier molecular flexibility index (Phi) is 6.38. The van der Waals surface area contributed by atoms with Gasteiger partial charge in [0.25, 0.3) is 0 Å². The van der Waals surface area contributed by atoms with Crippen LogP contribution in [0.2, 0.25) is 0 Å². The predicted octanol–water partition coefficient (Wildman–Crippen LogP) is 4.17. The molecule has 0 unspecified atom stereocenters. The molecule has 0 radical (unpaired) electrons.